The molecule has 0 spiro atoms. The van der Waals surface area contributed by atoms with Crippen LogP contribution in [0.4, 0.5) is 5.69 Å². The molecule has 0 fully saturated rings. The molecule has 2 N–H and O–H groups in total. The molecule has 5 nitrogen and oxygen atoms in total. The molecule has 0 saturated heterocycles. The van der Waals surface area contributed by atoms with Gasteiger partial charge >= 0.3 is 0 Å². The molecule has 2 rings (SSSR count). The fraction of sp³-hybridized carbons (Fsp3) is 0.312. The third-order valence-corrected chi connectivity index (χ3v) is 6.23. The molecule has 2 aromatic rings. The van der Waals surface area contributed by atoms with E-state index in [9.17, 15) is 13.2 Å². The van der Waals surface area contributed by atoms with Crippen molar-refractivity contribution in [3.63, 3.8) is 0 Å². The van der Waals surface area contributed by atoms with Gasteiger partial charge in [0.2, 0.25) is 5.91 Å². The van der Waals surface area contributed by atoms with E-state index in [0.717, 1.165) is 16.9 Å². The third-order valence-electron chi connectivity index (χ3n) is 3.39. The highest BCUT2D eigenvalue weighted by Crippen LogP contribution is 2.19. The van der Waals surface area contributed by atoms with Crippen molar-refractivity contribution in [2.75, 3.05) is 5.32 Å². The molecule has 0 radical (unpaired) electrons. The van der Waals surface area contributed by atoms with Gasteiger partial charge in [-0.2, -0.15) is 4.72 Å². The lowest BCUT2D eigenvalue weighted by Gasteiger charge is -2.21. The maximum Gasteiger partial charge on any atom is 0.250 e. The molecule has 1 aromatic heterocycles. The summed E-state index contributed by atoms with van der Waals surface area (Å²) in [7, 11) is -3.70. The van der Waals surface area contributed by atoms with Crippen LogP contribution in [0, 0.1) is 12.8 Å². The number of nitrogens with one attached hydrogen (secondary N) is 2. The van der Waals surface area contributed by atoms with Gasteiger partial charge in [0, 0.05) is 5.69 Å². The average Bonchev–Trinajstić information content (AvgIpc) is 3.02. The van der Waals surface area contributed by atoms with Crippen LogP contribution >= 0.6 is 11.3 Å². The summed E-state index contributed by atoms with van der Waals surface area (Å²) < 4.78 is 27.4. The summed E-state index contributed by atoms with van der Waals surface area (Å²) in [6, 6.07) is 9.71. The number of carbonyl (C=O) groups excluding carboxylic acids is 1. The zero-order valence-corrected chi connectivity index (χ0v) is 14.9. The number of carbonyl (C=O) groups is 1. The first kappa shape index (κ1) is 17.7. The van der Waals surface area contributed by atoms with Crippen LogP contribution in [0.1, 0.15) is 19.4 Å². The number of rotatable bonds is 6. The van der Waals surface area contributed by atoms with E-state index in [1.807, 2.05) is 25.1 Å². The highest BCUT2D eigenvalue weighted by atomic mass is 32.2. The van der Waals surface area contributed by atoms with Crippen molar-refractivity contribution in [1.82, 2.24) is 4.72 Å². The lowest BCUT2D eigenvalue weighted by Crippen LogP contribution is -2.46. The standard InChI is InChI=1S/C16H20N2O3S2/c1-11(2)15(18-23(20,21)14-9-6-10-22-14)16(19)17-13-8-5-4-7-12(13)3/h4-11,15,18H,1-3H3,(H,17,19)/t15-/m1/s1. The Balaban J connectivity index is 2.19. The van der Waals surface area contributed by atoms with Crippen LogP contribution in [-0.4, -0.2) is 20.4 Å². The minimum atomic E-state index is -3.70. The summed E-state index contributed by atoms with van der Waals surface area (Å²) >= 11 is 1.12. The number of anilines is 1. The van der Waals surface area contributed by atoms with Crippen molar-refractivity contribution in [2.24, 2.45) is 5.92 Å². The van der Waals surface area contributed by atoms with Crippen molar-refractivity contribution < 1.29 is 13.2 Å². The maximum absolute atomic E-state index is 12.5. The predicted octanol–water partition coefficient (Wildman–Crippen LogP) is 3.00. The van der Waals surface area contributed by atoms with Gasteiger partial charge in [-0.3, -0.25) is 4.79 Å². The van der Waals surface area contributed by atoms with Crippen LogP contribution in [-0.2, 0) is 14.8 Å². The summed E-state index contributed by atoms with van der Waals surface area (Å²) in [5.41, 5.74) is 1.60. The molecule has 0 bridgehead atoms. The van der Waals surface area contributed by atoms with Gasteiger partial charge in [0.25, 0.3) is 10.0 Å². The van der Waals surface area contributed by atoms with Crippen LogP contribution in [0.3, 0.4) is 0 Å². The molecule has 124 valence electrons. The number of benzene rings is 1. The lowest BCUT2D eigenvalue weighted by molar-refractivity contribution is -0.118. The van der Waals surface area contributed by atoms with Crippen LogP contribution in [0.25, 0.3) is 0 Å². The van der Waals surface area contributed by atoms with E-state index in [0.29, 0.717) is 5.69 Å². The summed E-state index contributed by atoms with van der Waals surface area (Å²) in [5.74, 6) is -0.553. The first-order valence-electron chi connectivity index (χ1n) is 7.23. The van der Waals surface area contributed by atoms with E-state index in [-0.39, 0.29) is 16.0 Å². The smallest absolute Gasteiger partial charge is 0.250 e. The molecule has 0 aliphatic heterocycles. The highest BCUT2D eigenvalue weighted by molar-refractivity contribution is 7.91. The number of hydrogen-bond donors (Lipinski definition) is 2. The van der Waals surface area contributed by atoms with E-state index in [1.54, 1.807) is 31.4 Å². The van der Waals surface area contributed by atoms with Crippen molar-refractivity contribution in [1.29, 1.82) is 0 Å². The minimum Gasteiger partial charge on any atom is -0.324 e. The molecular formula is C16H20N2O3S2. The van der Waals surface area contributed by atoms with Gasteiger partial charge in [-0.25, -0.2) is 8.42 Å². The molecule has 0 aliphatic carbocycles. The lowest BCUT2D eigenvalue weighted by atomic mass is 10.0. The normalized spacial score (nSPS) is 13.0. The van der Waals surface area contributed by atoms with Crippen LogP contribution < -0.4 is 10.0 Å². The van der Waals surface area contributed by atoms with E-state index < -0.39 is 16.1 Å². The number of aryl methyl sites for hydroxylation is 1. The number of sulfonamides is 1. The second-order valence-corrected chi connectivity index (χ2v) is 8.47. The Kier molecular flexibility index (Phi) is 5.56. The van der Waals surface area contributed by atoms with Crippen molar-refractivity contribution in [3.8, 4) is 0 Å². The zero-order chi connectivity index (χ0) is 17.0. The molecule has 1 amide bonds. The molecule has 7 heteroatoms. The molecule has 0 unspecified atom stereocenters. The molecule has 1 heterocycles. The highest BCUT2D eigenvalue weighted by Gasteiger charge is 2.29. The van der Waals surface area contributed by atoms with Gasteiger partial charge in [0.05, 0.1) is 0 Å². The Morgan fingerprint density at radius 2 is 1.83 bits per heavy atom. The van der Waals surface area contributed by atoms with E-state index >= 15 is 0 Å². The quantitative estimate of drug-likeness (QED) is 0.839. The number of para-hydroxylation sites is 1. The second kappa shape index (κ2) is 7.25. The molecule has 23 heavy (non-hydrogen) atoms. The van der Waals surface area contributed by atoms with Gasteiger partial charge in [-0.15, -0.1) is 11.3 Å². The number of thiophene rings is 1. The Hall–Kier alpha value is -1.70. The number of hydrogen-bond acceptors (Lipinski definition) is 4. The molecule has 0 aliphatic rings. The number of amides is 1. The monoisotopic (exact) mass is 352 g/mol. The third kappa shape index (κ3) is 4.40. The first-order chi connectivity index (χ1) is 10.8. The molecule has 1 atom stereocenters. The van der Waals surface area contributed by atoms with Gasteiger partial charge in [0.1, 0.15) is 10.3 Å². The van der Waals surface area contributed by atoms with E-state index in [2.05, 4.69) is 10.0 Å². The van der Waals surface area contributed by atoms with E-state index in [4.69, 9.17) is 0 Å². The summed E-state index contributed by atoms with van der Waals surface area (Å²) in [4.78, 5) is 12.5. The predicted molar refractivity (Wildman–Crippen MR) is 93.1 cm³/mol. The second-order valence-electron chi connectivity index (χ2n) is 5.58. The summed E-state index contributed by atoms with van der Waals surface area (Å²) in [5, 5.41) is 4.48. The summed E-state index contributed by atoms with van der Waals surface area (Å²) in [6.45, 7) is 5.49. The fourth-order valence-corrected chi connectivity index (χ4v) is 4.41. The van der Waals surface area contributed by atoms with Crippen LogP contribution in [0.2, 0.25) is 0 Å². The minimum absolute atomic E-state index is 0.186. The fourth-order valence-electron chi connectivity index (χ4n) is 2.06. The molecule has 0 saturated carbocycles. The Labute approximate surface area is 140 Å². The van der Waals surface area contributed by atoms with Gasteiger partial charge < -0.3 is 5.32 Å². The Bertz CT molecular complexity index is 768. The van der Waals surface area contributed by atoms with Gasteiger partial charge in [0.15, 0.2) is 0 Å². The largest absolute Gasteiger partial charge is 0.324 e. The van der Waals surface area contributed by atoms with Crippen molar-refractivity contribution >= 4 is 33.0 Å². The Morgan fingerprint density at radius 1 is 1.13 bits per heavy atom. The maximum atomic E-state index is 12.5. The van der Waals surface area contributed by atoms with Gasteiger partial charge in [-0.1, -0.05) is 38.1 Å². The first-order valence-corrected chi connectivity index (χ1v) is 9.60. The van der Waals surface area contributed by atoms with Crippen molar-refractivity contribution in [3.05, 3.63) is 47.3 Å². The van der Waals surface area contributed by atoms with Crippen LogP contribution in [0.15, 0.2) is 46.0 Å². The van der Waals surface area contributed by atoms with Crippen molar-refractivity contribution in [2.45, 2.75) is 31.0 Å². The zero-order valence-electron chi connectivity index (χ0n) is 13.2. The SMILES string of the molecule is Cc1ccccc1NC(=O)[C@H](NS(=O)(=O)c1cccs1)C(C)C. The molecular weight excluding hydrogens is 332 g/mol. The topological polar surface area (TPSA) is 75.3 Å². The van der Waals surface area contributed by atoms with E-state index in [1.165, 1.54) is 6.07 Å². The van der Waals surface area contributed by atoms with Gasteiger partial charge in [-0.05, 0) is 35.9 Å². The summed E-state index contributed by atoms with van der Waals surface area (Å²) in [6.07, 6.45) is 0. The average molecular weight is 352 g/mol. The molecule has 1 aromatic carbocycles. The van der Waals surface area contributed by atoms with Crippen LogP contribution in [0.5, 0.6) is 0 Å². The Morgan fingerprint density at radius 3 is 2.39 bits per heavy atom.